The third-order valence-corrected chi connectivity index (χ3v) is 9.72. The van der Waals surface area contributed by atoms with Gasteiger partial charge in [0.15, 0.2) is 5.78 Å². The van der Waals surface area contributed by atoms with Crippen LogP contribution in [-0.2, 0) is 36.7 Å². The number of carbonyl (C=O) groups excluding carboxylic acids is 1. The number of benzene rings is 4. The van der Waals surface area contributed by atoms with Crippen molar-refractivity contribution in [1.29, 1.82) is 0 Å². The van der Waals surface area contributed by atoms with Crippen LogP contribution in [-0.4, -0.2) is 20.9 Å². The topological polar surface area (TPSA) is 76.2 Å². The molecule has 6 aromatic rings. The van der Waals surface area contributed by atoms with Crippen LogP contribution in [0.4, 0.5) is 0 Å². The summed E-state index contributed by atoms with van der Waals surface area (Å²) in [5.41, 5.74) is 3.31. The van der Waals surface area contributed by atoms with Crippen LogP contribution in [0.15, 0.2) is 76.9 Å². The second-order valence-corrected chi connectivity index (χ2v) is 14.7. The zero-order valence-electron chi connectivity index (χ0n) is 36.9. The summed E-state index contributed by atoms with van der Waals surface area (Å²) in [6.45, 7) is 15.7. The minimum atomic E-state index is -2.55. The van der Waals surface area contributed by atoms with Gasteiger partial charge >= 0.3 is 0 Å². The van der Waals surface area contributed by atoms with E-state index < -0.39 is 13.2 Å². The molecule has 6 rings (SSSR count). The summed E-state index contributed by atoms with van der Waals surface area (Å²) >= 11 is 0. The number of nitrogens with zero attached hydrogens (tertiary/aromatic N) is 2. The number of aliphatic hydroxyl groups is 1. The van der Waals surface area contributed by atoms with Crippen LogP contribution in [0.3, 0.4) is 0 Å². The smallest absolute Gasteiger partial charge is 0.223 e. The molecule has 2 heterocycles. The number of fused-ring (bicyclic) bond motifs is 6. The predicted molar refractivity (Wildman–Crippen MR) is 214 cm³/mol. The third kappa shape index (κ3) is 8.67. The average Bonchev–Trinajstić information content (AvgIpc) is 3.53. The molecule has 0 spiro atoms. The molecule has 5 nitrogen and oxygen atoms in total. The Kier molecular flexibility index (Phi) is 11.3. The summed E-state index contributed by atoms with van der Waals surface area (Å²) in [4.78, 5) is 20.7. The number of carbonyl (C=O) groups is 1. The molecule has 0 unspecified atom stereocenters. The van der Waals surface area contributed by atoms with Gasteiger partial charge in [-0.25, -0.2) is 0 Å². The molecule has 0 aliphatic rings. The van der Waals surface area contributed by atoms with Gasteiger partial charge in [-0.15, -0.1) is 29.1 Å². The Labute approximate surface area is 330 Å². The largest absolute Gasteiger partial charge is 0.512 e. The number of hydrogen-bond acceptors (Lipinski definition) is 5. The monoisotopic (exact) mass is 881 g/mol. The predicted octanol–water partition coefficient (Wildman–Crippen LogP) is 12.8. The average molecular weight is 881 g/mol. The van der Waals surface area contributed by atoms with Gasteiger partial charge < -0.3 is 9.52 Å². The molecule has 2 aromatic heterocycles. The molecule has 1 N–H and O–H groups in total. The Morgan fingerprint density at radius 1 is 0.904 bits per heavy atom. The molecule has 277 valence electrons. The number of aryl methyl sites for hydroxylation is 1. The molecule has 0 bridgehead atoms. The molecule has 0 amide bonds. The van der Waals surface area contributed by atoms with Crippen LogP contribution in [0.1, 0.15) is 112 Å². The van der Waals surface area contributed by atoms with Crippen LogP contribution in [0.2, 0.25) is 0 Å². The van der Waals surface area contributed by atoms with Gasteiger partial charge in [-0.1, -0.05) is 122 Å². The summed E-state index contributed by atoms with van der Waals surface area (Å²) < 4.78 is 48.1. The standard InChI is InChI=1S/C33H31N2O.C13H24O2.Ir/c1-19(2)16-21-11-9-13-26-24(21)14-15-27-29-30(34-20(3)35-32(29)36-31(26)27)23-17-22-10-7-8-12-25(22)28(18-23)33(4,5)6;1-5-10(6-2)12(14)9-13(15)11(7-3)8-4;/h7-15,18-19H,16H2,1-6H3;9-11,14H,5-8H2,1-4H3;/q-1;;/b;12-9-;/i3D3,16D2;;. The van der Waals surface area contributed by atoms with Crippen molar-refractivity contribution in [1.82, 2.24) is 9.97 Å². The molecule has 0 saturated carbocycles. The minimum absolute atomic E-state index is 0. The Morgan fingerprint density at radius 2 is 1.56 bits per heavy atom. The van der Waals surface area contributed by atoms with Crippen molar-refractivity contribution in [2.24, 2.45) is 17.8 Å². The van der Waals surface area contributed by atoms with E-state index in [0.29, 0.717) is 27.8 Å². The first-order valence-corrected chi connectivity index (χ1v) is 18.3. The third-order valence-electron chi connectivity index (χ3n) is 9.72. The molecule has 0 fully saturated rings. The number of allylic oxidation sites excluding steroid dienone is 2. The van der Waals surface area contributed by atoms with Gasteiger partial charge in [0.2, 0.25) is 5.71 Å². The molecule has 1 radical (unpaired) electrons. The maximum Gasteiger partial charge on any atom is 0.223 e. The Bertz CT molecular complexity index is 2400. The second-order valence-electron chi connectivity index (χ2n) is 14.7. The molecule has 4 aromatic carbocycles. The van der Waals surface area contributed by atoms with E-state index in [0.717, 1.165) is 58.2 Å². The molecule has 0 aliphatic carbocycles. The molecule has 0 saturated heterocycles. The number of hydrogen-bond donors (Lipinski definition) is 1. The van der Waals surface area contributed by atoms with Crippen LogP contribution in [0.5, 0.6) is 0 Å². The first-order valence-electron chi connectivity index (χ1n) is 20.8. The summed E-state index contributed by atoms with van der Waals surface area (Å²) in [5.74, 6) is 0.0180. The first-order chi connectivity index (χ1) is 26.3. The molecular weight excluding hydrogens is 821 g/mol. The Balaban J connectivity index is 0.000000385. The van der Waals surface area contributed by atoms with E-state index in [9.17, 15) is 9.90 Å². The first kappa shape index (κ1) is 33.9. The van der Waals surface area contributed by atoms with Crippen LogP contribution in [0, 0.1) is 30.7 Å². The molecule has 52 heavy (non-hydrogen) atoms. The van der Waals surface area contributed by atoms with Crippen molar-refractivity contribution in [3.05, 3.63) is 95.5 Å². The summed E-state index contributed by atoms with van der Waals surface area (Å²) in [5, 5.41) is 14.6. The Morgan fingerprint density at radius 3 is 2.19 bits per heavy atom. The molecule has 0 aliphatic heterocycles. The summed E-state index contributed by atoms with van der Waals surface area (Å²) in [7, 11) is 0. The van der Waals surface area contributed by atoms with Gasteiger partial charge in [0.25, 0.3) is 0 Å². The van der Waals surface area contributed by atoms with Crippen LogP contribution < -0.4 is 0 Å². The fourth-order valence-electron chi connectivity index (χ4n) is 6.88. The quantitative estimate of drug-likeness (QED) is 0.0843. The van der Waals surface area contributed by atoms with Crippen molar-refractivity contribution in [3.63, 3.8) is 0 Å². The zero-order chi connectivity index (χ0) is 41.3. The number of furan rings is 1. The normalized spacial score (nSPS) is 14.2. The number of ketones is 1. The van der Waals surface area contributed by atoms with Gasteiger partial charge in [-0.3, -0.25) is 9.78 Å². The fraction of sp³-hybridized carbons (Fsp3) is 0.413. The fourth-order valence-corrected chi connectivity index (χ4v) is 6.88. The van der Waals surface area contributed by atoms with Crippen molar-refractivity contribution < 1.29 is 41.3 Å². The van der Waals surface area contributed by atoms with Crippen molar-refractivity contribution >= 4 is 49.4 Å². The van der Waals surface area contributed by atoms with Gasteiger partial charge in [0.1, 0.15) is 11.4 Å². The van der Waals surface area contributed by atoms with E-state index in [-0.39, 0.29) is 66.4 Å². The second kappa shape index (κ2) is 17.3. The maximum atomic E-state index is 11.7. The van der Waals surface area contributed by atoms with Crippen molar-refractivity contribution in [2.75, 3.05) is 0 Å². The van der Waals surface area contributed by atoms with E-state index in [1.54, 1.807) is 0 Å². The van der Waals surface area contributed by atoms with E-state index in [1.165, 1.54) is 6.08 Å². The van der Waals surface area contributed by atoms with Crippen LogP contribution >= 0.6 is 0 Å². The number of aliphatic hydroxyl groups excluding tert-OH is 1. The van der Waals surface area contributed by atoms with Crippen molar-refractivity contribution in [3.8, 4) is 11.3 Å². The van der Waals surface area contributed by atoms with E-state index in [2.05, 4.69) is 42.9 Å². The van der Waals surface area contributed by atoms with Crippen molar-refractivity contribution in [2.45, 2.75) is 107 Å². The maximum absolute atomic E-state index is 11.7. The summed E-state index contributed by atoms with van der Waals surface area (Å²) in [6.07, 6.45) is 3.35. The van der Waals surface area contributed by atoms with Gasteiger partial charge in [0, 0.05) is 66.7 Å². The Hall–Kier alpha value is -3.86. The molecule has 6 heteroatoms. The molecule has 0 atom stereocenters. The van der Waals surface area contributed by atoms with Crippen LogP contribution in [0.25, 0.3) is 54.9 Å². The number of aromatic nitrogens is 2. The van der Waals surface area contributed by atoms with Gasteiger partial charge in [-0.05, 0) is 61.2 Å². The van der Waals surface area contributed by atoms with Gasteiger partial charge in [-0.2, -0.15) is 4.98 Å². The minimum Gasteiger partial charge on any atom is -0.512 e. The van der Waals surface area contributed by atoms with E-state index in [1.807, 2.05) is 96.1 Å². The zero-order valence-corrected chi connectivity index (χ0v) is 34.3. The summed E-state index contributed by atoms with van der Waals surface area (Å²) in [6, 6.07) is 22.9. The number of rotatable bonds is 10. The SMILES string of the molecule is CCC(CC)C(=O)/C=C(\O)C(CC)CC.[2H]C([2H])([2H])c1nc(-c2[c-]c3ccccc3c(C(C)(C)C)c2)c2c(n1)oc1c3cccc(C([2H])([2H])C(C)C)c3ccc12.[Ir]. The molecular formula is C46H55IrN2O3-. The van der Waals surface area contributed by atoms with E-state index in [4.69, 9.17) is 11.3 Å². The van der Waals surface area contributed by atoms with Gasteiger partial charge in [0.05, 0.1) is 5.76 Å². The van der Waals surface area contributed by atoms with E-state index >= 15 is 0 Å².